The third kappa shape index (κ3) is 3.24. The largest absolute Gasteiger partial charge is 0.493 e. The summed E-state index contributed by atoms with van der Waals surface area (Å²) in [6.07, 6.45) is 0.389. The summed E-state index contributed by atoms with van der Waals surface area (Å²) in [5, 5.41) is 5.56. The van der Waals surface area contributed by atoms with Crippen molar-refractivity contribution in [2.45, 2.75) is 31.8 Å². The Morgan fingerprint density at radius 2 is 1.93 bits per heavy atom. The van der Waals surface area contributed by atoms with Crippen molar-refractivity contribution in [3.63, 3.8) is 0 Å². The third-order valence-corrected chi connectivity index (χ3v) is 4.90. The first-order valence-electron chi connectivity index (χ1n) is 8.75. The minimum absolute atomic E-state index is 0.139. The Morgan fingerprint density at radius 1 is 1.22 bits per heavy atom. The second kappa shape index (κ2) is 6.98. The Bertz CT molecular complexity index is 781. The molecule has 27 heavy (non-hydrogen) atoms. The molecule has 2 fully saturated rings. The van der Waals surface area contributed by atoms with E-state index in [1.54, 1.807) is 32.0 Å². The first kappa shape index (κ1) is 18.8. The highest BCUT2D eigenvalue weighted by Gasteiger charge is 2.56. The Hall–Kier alpha value is -2.97. The molecule has 1 unspecified atom stereocenters. The molecule has 2 aliphatic heterocycles. The predicted octanol–water partition coefficient (Wildman–Crippen LogP) is 1.64. The molecule has 2 aliphatic rings. The molecule has 0 saturated carbocycles. The van der Waals surface area contributed by atoms with Crippen molar-refractivity contribution < 1.29 is 23.9 Å². The van der Waals surface area contributed by atoms with E-state index in [-0.39, 0.29) is 24.5 Å². The van der Waals surface area contributed by atoms with Crippen LogP contribution in [-0.4, -0.2) is 66.7 Å². The summed E-state index contributed by atoms with van der Waals surface area (Å²) < 4.78 is 10.4. The third-order valence-electron chi connectivity index (χ3n) is 4.90. The molecule has 9 nitrogen and oxygen atoms in total. The zero-order valence-corrected chi connectivity index (χ0v) is 15.9. The minimum atomic E-state index is -1.03. The highest BCUT2D eigenvalue weighted by Crippen LogP contribution is 2.32. The van der Waals surface area contributed by atoms with Gasteiger partial charge in [-0.25, -0.2) is 9.59 Å². The lowest BCUT2D eigenvalue weighted by Gasteiger charge is -2.23. The van der Waals surface area contributed by atoms with Gasteiger partial charge < -0.3 is 25.0 Å². The van der Waals surface area contributed by atoms with Gasteiger partial charge in [0, 0.05) is 24.3 Å². The van der Waals surface area contributed by atoms with E-state index in [4.69, 9.17) is 9.47 Å². The molecule has 146 valence electrons. The van der Waals surface area contributed by atoms with Gasteiger partial charge in [-0.05, 0) is 32.4 Å². The molecule has 2 heterocycles. The van der Waals surface area contributed by atoms with Gasteiger partial charge in [-0.1, -0.05) is 0 Å². The summed E-state index contributed by atoms with van der Waals surface area (Å²) >= 11 is 0. The van der Waals surface area contributed by atoms with Gasteiger partial charge in [0.1, 0.15) is 5.54 Å². The number of ether oxygens (including phenoxy) is 2. The van der Waals surface area contributed by atoms with E-state index >= 15 is 0 Å². The van der Waals surface area contributed by atoms with E-state index in [0.717, 1.165) is 0 Å². The molecular weight excluding hydrogens is 352 g/mol. The molecule has 0 radical (unpaired) electrons. The van der Waals surface area contributed by atoms with Crippen LogP contribution in [0.1, 0.15) is 20.3 Å². The molecule has 0 bridgehead atoms. The number of carbonyl (C=O) groups is 3. The molecule has 9 heteroatoms. The number of nitrogens with one attached hydrogen (secondary N) is 2. The van der Waals surface area contributed by atoms with Crippen LogP contribution in [-0.2, 0) is 4.79 Å². The maximum atomic E-state index is 12.7. The van der Waals surface area contributed by atoms with Crippen LogP contribution in [0.4, 0.5) is 15.3 Å². The number of urea groups is 2. The van der Waals surface area contributed by atoms with Crippen LogP contribution in [0, 0.1) is 0 Å². The average Bonchev–Trinajstić information content (AvgIpc) is 3.16. The van der Waals surface area contributed by atoms with Gasteiger partial charge >= 0.3 is 12.1 Å². The lowest BCUT2D eigenvalue weighted by Crippen LogP contribution is -2.50. The number of carbonyl (C=O) groups excluding carboxylic acids is 3. The van der Waals surface area contributed by atoms with Crippen LogP contribution in [0.3, 0.4) is 0 Å². The van der Waals surface area contributed by atoms with Crippen LogP contribution in [0.5, 0.6) is 11.5 Å². The predicted molar refractivity (Wildman–Crippen MR) is 98.0 cm³/mol. The Labute approximate surface area is 157 Å². The van der Waals surface area contributed by atoms with Gasteiger partial charge in [0.15, 0.2) is 11.5 Å². The Kier molecular flexibility index (Phi) is 4.86. The van der Waals surface area contributed by atoms with Crippen molar-refractivity contribution in [2.24, 2.45) is 0 Å². The number of likely N-dealkylation sites (tertiary alicyclic amines) is 1. The maximum Gasteiger partial charge on any atom is 0.325 e. The molecule has 0 aliphatic carbocycles. The minimum Gasteiger partial charge on any atom is -0.493 e. The van der Waals surface area contributed by atoms with Crippen LogP contribution < -0.4 is 20.1 Å². The van der Waals surface area contributed by atoms with Crippen molar-refractivity contribution in [3.05, 3.63) is 18.2 Å². The fourth-order valence-electron chi connectivity index (χ4n) is 3.49. The number of imide groups is 1. The lowest BCUT2D eigenvalue weighted by atomic mass is 9.99. The van der Waals surface area contributed by atoms with E-state index < -0.39 is 11.6 Å². The number of anilines is 1. The Morgan fingerprint density at radius 3 is 2.52 bits per heavy atom. The van der Waals surface area contributed by atoms with E-state index in [1.165, 1.54) is 24.0 Å². The monoisotopic (exact) mass is 376 g/mol. The summed E-state index contributed by atoms with van der Waals surface area (Å²) in [4.78, 5) is 40.2. The summed E-state index contributed by atoms with van der Waals surface area (Å²) in [6, 6.07) is 4.08. The van der Waals surface area contributed by atoms with Crippen molar-refractivity contribution in [1.29, 1.82) is 0 Å². The molecule has 5 amide bonds. The van der Waals surface area contributed by atoms with Crippen molar-refractivity contribution >= 4 is 23.7 Å². The van der Waals surface area contributed by atoms with Gasteiger partial charge in [-0.15, -0.1) is 0 Å². The number of methoxy groups -OCH3 is 2. The van der Waals surface area contributed by atoms with E-state index in [1.807, 2.05) is 0 Å². The average molecular weight is 376 g/mol. The van der Waals surface area contributed by atoms with Gasteiger partial charge in [-0.2, -0.15) is 0 Å². The molecule has 3 rings (SSSR count). The normalized spacial score (nSPS) is 21.8. The van der Waals surface area contributed by atoms with Crippen molar-refractivity contribution in [3.8, 4) is 11.5 Å². The number of amides is 5. The van der Waals surface area contributed by atoms with E-state index in [9.17, 15) is 14.4 Å². The quantitative estimate of drug-likeness (QED) is 0.778. The van der Waals surface area contributed by atoms with Crippen LogP contribution in [0.2, 0.25) is 0 Å². The van der Waals surface area contributed by atoms with Crippen molar-refractivity contribution in [2.75, 3.05) is 32.6 Å². The molecule has 1 atom stereocenters. The molecule has 2 saturated heterocycles. The first-order valence-corrected chi connectivity index (χ1v) is 8.75. The number of hydrogen-bond acceptors (Lipinski definition) is 5. The van der Waals surface area contributed by atoms with E-state index in [0.29, 0.717) is 30.2 Å². The van der Waals surface area contributed by atoms with Crippen LogP contribution in [0.25, 0.3) is 0 Å². The maximum absolute atomic E-state index is 12.7. The molecule has 0 aromatic heterocycles. The molecule has 1 aromatic carbocycles. The number of hydrogen-bond donors (Lipinski definition) is 2. The number of rotatable bonds is 4. The van der Waals surface area contributed by atoms with Gasteiger partial charge in [0.2, 0.25) is 0 Å². The molecule has 1 aromatic rings. The Balaban J connectivity index is 1.70. The van der Waals surface area contributed by atoms with Crippen molar-refractivity contribution in [1.82, 2.24) is 15.1 Å². The topological polar surface area (TPSA) is 100 Å². The second-order valence-electron chi connectivity index (χ2n) is 6.95. The fourth-order valence-corrected chi connectivity index (χ4v) is 3.49. The number of nitrogens with zero attached hydrogens (tertiary/aromatic N) is 2. The summed E-state index contributed by atoms with van der Waals surface area (Å²) in [6.45, 7) is 4.08. The zero-order chi connectivity index (χ0) is 19.8. The van der Waals surface area contributed by atoms with Gasteiger partial charge in [0.25, 0.3) is 5.91 Å². The summed E-state index contributed by atoms with van der Waals surface area (Å²) in [5.41, 5.74) is -0.486. The highest BCUT2D eigenvalue weighted by molar-refractivity contribution is 6.08. The van der Waals surface area contributed by atoms with Gasteiger partial charge in [-0.3, -0.25) is 9.69 Å². The molecular formula is C18H24N4O5. The summed E-state index contributed by atoms with van der Waals surface area (Å²) in [5.74, 6) is 0.784. The smallest absolute Gasteiger partial charge is 0.325 e. The first-order chi connectivity index (χ1) is 12.8. The second-order valence-corrected chi connectivity index (χ2v) is 6.95. The molecule has 2 N–H and O–H groups in total. The standard InChI is InChI=1S/C18H24N4O5/c1-11(2)22-15(23)18(20-17(22)25)7-8-21(10-18)16(24)19-12-5-6-13(26-3)14(9-12)27-4/h5-6,9,11H,7-8,10H2,1-4H3,(H,19,24)(H,20,25). The van der Waals surface area contributed by atoms with Crippen LogP contribution in [0.15, 0.2) is 18.2 Å². The van der Waals surface area contributed by atoms with Crippen LogP contribution >= 0.6 is 0 Å². The highest BCUT2D eigenvalue weighted by atomic mass is 16.5. The lowest BCUT2D eigenvalue weighted by molar-refractivity contribution is -0.131. The van der Waals surface area contributed by atoms with Gasteiger partial charge in [0.05, 0.1) is 20.8 Å². The molecule has 1 spiro atoms. The fraction of sp³-hybridized carbons (Fsp3) is 0.500. The number of benzene rings is 1. The summed E-state index contributed by atoms with van der Waals surface area (Å²) in [7, 11) is 3.05. The van der Waals surface area contributed by atoms with E-state index in [2.05, 4.69) is 10.6 Å². The zero-order valence-electron chi connectivity index (χ0n) is 15.9. The SMILES string of the molecule is COc1ccc(NC(=O)N2CCC3(C2)NC(=O)N(C(C)C)C3=O)cc1OC.